The lowest BCUT2D eigenvalue weighted by Gasteiger charge is -2.38. The molecule has 0 saturated heterocycles. The van der Waals surface area contributed by atoms with Crippen molar-refractivity contribution in [3.8, 4) is 0 Å². The highest BCUT2D eigenvalue weighted by Gasteiger charge is 2.38. The van der Waals surface area contributed by atoms with E-state index >= 15 is 0 Å². The van der Waals surface area contributed by atoms with Crippen LogP contribution in [-0.2, 0) is 9.53 Å². The van der Waals surface area contributed by atoms with Crippen LogP contribution >= 0.6 is 0 Å². The highest BCUT2D eigenvalue weighted by Crippen LogP contribution is 2.38. The number of ether oxygens (including phenoxy) is 1. The lowest BCUT2D eigenvalue weighted by molar-refractivity contribution is -0.157. The average molecular weight is 222 g/mol. The van der Waals surface area contributed by atoms with Crippen molar-refractivity contribution in [1.29, 1.82) is 0 Å². The molecule has 2 nitrogen and oxygen atoms in total. The van der Waals surface area contributed by atoms with Crippen LogP contribution in [0.5, 0.6) is 0 Å². The van der Waals surface area contributed by atoms with Gasteiger partial charge in [0.1, 0.15) is 0 Å². The molecule has 0 saturated carbocycles. The molecule has 0 aromatic carbocycles. The van der Waals surface area contributed by atoms with Crippen LogP contribution < -0.4 is 0 Å². The number of carbonyl (C=O) groups excluding carboxylic acids is 1. The average Bonchev–Trinajstić information content (AvgIpc) is 2.20. The summed E-state index contributed by atoms with van der Waals surface area (Å²) >= 11 is 0. The van der Waals surface area contributed by atoms with E-state index < -0.39 is 5.60 Å². The Kier molecular flexibility index (Phi) is 3.95. The topological polar surface area (TPSA) is 26.3 Å². The van der Waals surface area contributed by atoms with E-state index in [4.69, 9.17) is 4.74 Å². The van der Waals surface area contributed by atoms with Crippen molar-refractivity contribution in [2.75, 3.05) is 0 Å². The zero-order chi connectivity index (χ0) is 12.3. The minimum Gasteiger partial charge on any atom is -0.450 e. The van der Waals surface area contributed by atoms with Gasteiger partial charge in [-0.3, -0.25) is 4.79 Å². The van der Waals surface area contributed by atoms with Gasteiger partial charge in [-0.05, 0) is 44.3 Å². The van der Waals surface area contributed by atoms with Gasteiger partial charge in [0.05, 0.1) is 5.92 Å². The van der Waals surface area contributed by atoms with Crippen molar-refractivity contribution < 1.29 is 9.53 Å². The molecule has 1 aliphatic rings. The lowest BCUT2D eigenvalue weighted by atomic mass is 9.79. The molecule has 0 aromatic heterocycles. The molecule has 1 unspecified atom stereocenters. The molecular weight excluding hydrogens is 200 g/mol. The normalized spacial score (nSPS) is 25.2. The van der Waals surface area contributed by atoms with E-state index in [0.717, 1.165) is 30.4 Å². The lowest BCUT2D eigenvalue weighted by Crippen LogP contribution is -2.40. The molecule has 1 aliphatic carbocycles. The quantitative estimate of drug-likeness (QED) is 0.538. The summed E-state index contributed by atoms with van der Waals surface area (Å²) in [6, 6.07) is 0. The summed E-state index contributed by atoms with van der Waals surface area (Å²) in [6.07, 6.45) is 5.14. The maximum atomic E-state index is 11.8. The number of hydrogen-bond donors (Lipinski definition) is 0. The van der Waals surface area contributed by atoms with Crippen LogP contribution in [0.1, 0.15) is 47.0 Å². The fourth-order valence-electron chi connectivity index (χ4n) is 2.09. The van der Waals surface area contributed by atoms with E-state index in [1.165, 1.54) is 0 Å². The molecule has 90 valence electrons. The molecule has 0 radical (unpaired) electrons. The number of rotatable bonds is 3. The summed E-state index contributed by atoms with van der Waals surface area (Å²) in [6.45, 7) is 11.7. The third kappa shape index (κ3) is 2.37. The SMILES string of the molecule is C=C(C)C1(OC(=O)C(C)C)CCCC=C1C. The fraction of sp³-hybridized carbons (Fsp3) is 0.643. The highest BCUT2D eigenvalue weighted by atomic mass is 16.6. The minimum atomic E-state index is -0.542. The van der Waals surface area contributed by atoms with Gasteiger partial charge in [-0.25, -0.2) is 0 Å². The van der Waals surface area contributed by atoms with Crippen molar-refractivity contribution in [3.63, 3.8) is 0 Å². The minimum absolute atomic E-state index is 0.0917. The van der Waals surface area contributed by atoms with Crippen LogP contribution in [0.4, 0.5) is 0 Å². The fourth-order valence-corrected chi connectivity index (χ4v) is 2.09. The van der Waals surface area contributed by atoms with E-state index in [0.29, 0.717) is 0 Å². The second-order valence-electron chi connectivity index (χ2n) is 4.96. The first kappa shape index (κ1) is 13.0. The Morgan fingerprint density at radius 3 is 2.62 bits per heavy atom. The molecule has 0 spiro atoms. The number of hydrogen-bond acceptors (Lipinski definition) is 2. The largest absolute Gasteiger partial charge is 0.450 e. The van der Waals surface area contributed by atoms with E-state index in [2.05, 4.69) is 12.7 Å². The molecule has 1 atom stereocenters. The zero-order valence-corrected chi connectivity index (χ0v) is 10.8. The predicted octanol–water partition coefficient (Wildman–Crippen LogP) is 3.63. The van der Waals surface area contributed by atoms with Gasteiger partial charge in [0.25, 0.3) is 0 Å². The molecule has 0 aromatic rings. The monoisotopic (exact) mass is 222 g/mol. The molecule has 2 heteroatoms. The summed E-state index contributed by atoms with van der Waals surface area (Å²) in [4.78, 5) is 11.8. The first-order valence-corrected chi connectivity index (χ1v) is 5.96. The van der Waals surface area contributed by atoms with Crippen molar-refractivity contribution in [2.24, 2.45) is 5.92 Å². The smallest absolute Gasteiger partial charge is 0.309 e. The number of carbonyl (C=O) groups is 1. The van der Waals surface area contributed by atoms with Crippen LogP contribution in [0.15, 0.2) is 23.8 Å². The predicted molar refractivity (Wildman–Crippen MR) is 66.1 cm³/mol. The van der Waals surface area contributed by atoms with Gasteiger partial charge in [-0.1, -0.05) is 26.5 Å². The molecule has 0 heterocycles. The zero-order valence-electron chi connectivity index (χ0n) is 10.8. The molecular formula is C14H22O2. The van der Waals surface area contributed by atoms with E-state index in [1.807, 2.05) is 27.7 Å². The summed E-state index contributed by atoms with van der Waals surface area (Å²) < 4.78 is 5.71. The Balaban J connectivity index is 2.98. The Hall–Kier alpha value is -1.05. The van der Waals surface area contributed by atoms with Crippen molar-refractivity contribution in [2.45, 2.75) is 52.6 Å². The van der Waals surface area contributed by atoms with E-state index in [-0.39, 0.29) is 11.9 Å². The first-order valence-electron chi connectivity index (χ1n) is 5.96. The summed E-state index contributed by atoms with van der Waals surface area (Å²) in [5.74, 6) is -0.233. The summed E-state index contributed by atoms with van der Waals surface area (Å²) in [5, 5.41) is 0. The van der Waals surface area contributed by atoms with Crippen LogP contribution in [0.2, 0.25) is 0 Å². The Morgan fingerprint density at radius 1 is 1.56 bits per heavy atom. The molecule has 0 amide bonds. The number of allylic oxidation sites excluding steroid dienone is 1. The second-order valence-corrected chi connectivity index (χ2v) is 4.96. The maximum absolute atomic E-state index is 11.8. The van der Waals surface area contributed by atoms with Crippen molar-refractivity contribution >= 4 is 5.97 Å². The van der Waals surface area contributed by atoms with Gasteiger partial charge in [0.2, 0.25) is 0 Å². The number of esters is 1. The van der Waals surface area contributed by atoms with Gasteiger partial charge >= 0.3 is 5.97 Å². The maximum Gasteiger partial charge on any atom is 0.309 e. The van der Waals surface area contributed by atoms with Gasteiger partial charge in [0, 0.05) is 0 Å². The Bertz CT molecular complexity index is 326. The molecule has 0 aliphatic heterocycles. The molecule has 1 rings (SSSR count). The van der Waals surface area contributed by atoms with Crippen LogP contribution in [-0.4, -0.2) is 11.6 Å². The molecule has 0 N–H and O–H groups in total. The van der Waals surface area contributed by atoms with Gasteiger partial charge in [0.15, 0.2) is 5.60 Å². The van der Waals surface area contributed by atoms with E-state index in [1.54, 1.807) is 0 Å². The summed E-state index contributed by atoms with van der Waals surface area (Å²) in [5.41, 5.74) is 1.51. The van der Waals surface area contributed by atoms with Crippen molar-refractivity contribution in [3.05, 3.63) is 23.8 Å². The van der Waals surface area contributed by atoms with Crippen molar-refractivity contribution in [1.82, 2.24) is 0 Å². The Morgan fingerprint density at radius 2 is 2.19 bits per heavy atom. The standard InChI is InChI=1S/C14H22O2/c1-10(2)13(15)16-14(11(3)4)9-7-6-8-12(14)5/h8,10H,3,6-7,9H2,1-2,4-5H3. The molecule has 16 heavy (non-hydrogen) atoms. The van der Waals surface area contributed by atoms with Gasteiger partial charge < -0.3 is 4.74 Å². The van der Waals surface area contributed by atoms with Crippen LogP contribution in [0.3, 0.4) is 0 Å². The highest BCUT2D eigenvalue weighted by molar-refractivity contribution is 5.73. The summed E-state index contributed by atoms with van der Waals surface area (Å²) in [7, 11) is 0. The van der Waals surface area contributed by atoms with Gasteiger partial charge in [-0.15, -0.1) is 0 Å². The molecule has 0 bridgehead atoms. The Labute approximate surface area is 98.4 Å². The third-order valence-electron chi connectivity index (χ3n) is 3.26. The van der Waals surface area contributed by atoms with Crippen LogP contribution in [0.25, 0.3) is 0 Å². The third-order valence-corrected chi connectivity index (χ3v) is 3.26. The molecule has 0 fully saturated rings. The van der Waals surface area contributed by atoms with Gasteiger partial charge in [-0.2, -0.15) is 0 Å². The van der Waals surface area contributed by atoms with Crippen LogP contribution in [0, 0.1) is 5.92 Å². The first-order chi connectivity index (χ1) is 7.40. The van der Waals surface area contributed by atoms with E-state index in [9.17, 15) is 4.79 Å². The second kappa shape index (κ2) is 4.86.